The van der Waals surface area contributed by atoms with E-state index in [1.54, 1.807) is 30.1 Å². The summed E-state index contributed by atoms with van der Waals surface area (Å²) in [7, 11) is 0. The van der Waals surface area contributed by atoms with Crippen molar-refractivity contribution in [2.24, 2.45) is 5.11 Å². The van der Waals surface area contributed by atoms with E-state index in [0.29, 0.717) is 6.54 Å². The summed E-state index contributed by atoms with van der Waals surface area (Å²) in [5.41, 5.74) is 8.02. The summed E-state index contributed by atoms with van der Waals surface area (Å²) in [6, 6.07) is 1.40. The van der Waals surface area contributed by atoms with Crippen LogP contribution < -0.4 is 5.32 Å². The van der Waals surface area contributed by atoms with Crippen molar-refractivity contribution in [1.29, 1.82) is 0 Å². The van der Waals surface area contributed by atoms with Gasteiger partial charge in [0.1, 0.15) is 6.04 Å². The van der Waals surface area contributed by atoms with Crippen LogP contribution in [-0.2, 0) is 4.79 Å². The molecule has 7 nitrogen and oxygen atoms in total. The van der Waals surface area contributed by atoms with Gasteiger partial charge in [-0.1, -0.05) is 5.11 Å². The van der Waals surface area contributed by atoms with E-state index < -0.39 is 0 Å². The van der Waals surface area contributed by atoms with E-state index in [-0.39, 0.29) is 18.5 Å². The molecule has 1 aromatic rings. The molecule has 0 spiro atoms. The monoisotopic (exact) mass is 208 g/mol. The quantitative estimate of drug-likeness (QED) is 0.336. The summed E-state index contributed by atoms with van der Waals surface area (Å²) in [6.07, 6.45) is 3.33. The zero-order valence-corrected chi connectivity index (χ0v) is 8.37. The van der Waals surface area contributed by atoms with Crippen molar-refractivity contribution in [3.05, 3.63) is 28.9 Å². The fraction of sp³-hybridized carbons (Fsp3) is 0.500. The molecule has 7 heteroatoms. The van der Waals surface area contributed by atoms with Gasteiger partial charge in [0, 0.05) is 30.4 Å². The first-order valence-electron chi connectivity index (χ1n) is 4.53. The third kappa shape index (κ3) is 3.32. The molecule has 0 aromatic carbocycles. The second-order valence-corrected chi connectivity index (χ2v) is 2.91. The Morgan fingerprint density at radius 1 is 1.80 bits per heavy atom. The first-order valence-corrected chi connectivity index (χ1v) is 4.53. The summed E-state index contributed by atoms with van der Waals surface area (Å²) >= 11 is 0. The molecule has 0 saturated heterocycles. The Kier molecular flexibility index (Phi) is 4.18. The molecule has 1 N–H and O–H groups in total. The van der Waals surface area contributed by atoms with Gasteiger partial charge in [-0.25, -0.2) is 0 Å². The molecule has 0 saturated carbocycles. The molecule has 0 aliphatic carbocycles. The normalized spacial score (nSPS) is 11.5. The van der Waals surface area contributed by atoms with Gasteiger partial charge in [-0.15, -0.1) is 0 Å². The van der Waals surface area contributed by atoms with E-state index in [4.69, 9.17) is 5.53 Å². The van der Waals surface area contributed by atoms with Crippen LogP contribution in [0.2, 0.25) is 0 Å². The minimum atomic E-state index is -0.355. The number of aromatic nitrogens is 2. The number of carbonyl (C=O) groups is 1. The smallest absolute Gasteiger partial charge is 0.244 e. The Bertz CT molecular complexity index is 353. The average Bonchev–Trinajstić information content (AvgIpc) is 2.76. The number of nitrogens with one attached hydrogen (secondary N) is 1. The van der Waals surface area contributed by atoms with Crippen LogP contribution in [0.25, 0.3) is 10.4 Å². The topological polar surface area (TPSA) is 95.7 Å². The second kappa shape index (κ2) is 5.66. The van der Waals surface area contributed by atoms with Crippen LogP contribution in [0.1, 0.15) is 13.0 Å². The third-order valence-electron chi connectivity index (χ3n) is 1.88. The van der Waals surface area contributed by atoms with Gasteiger partial charge in [-0.05, 0) is 18.5 Å². The Hall–Kier alpha value is -2.01. The first-order chi connectivity index (χ1) is 7.25. The molecule has 1 rings (SSSR count). The molecule has 0 fully saturated rings. The molecular formula is C8H12N6O. The lowest BCUT2D eigenvalue weighted by atomic mass is 10.3. The Labute approximate surface area is 86.7 Å². The molecular weight excluding hydrogens is 196 g/mol. The fourth-order valence-electron chi connectivity index (χ4n) is 1.05. The van der Waals surface area contributed by atoms with Gasteiger partial charge < -0.3 is 5.32 Å². The molecule has 0 aliphatic rings. The highest BCUT2D eigenvalue weighted by Crippen LogP contribution is 2.02. The van der Waals surface area contributed by atoms with E-state index in [0.717, 1.165) is 0 Å². The number of hydrogen-bond acceptors (Lipinski definition) is 3. The molecule has 15 heavy (non-hydrogen) atoms. The van der Waals surface area contributed by atoms with E-state index in [2.05, 4.69) is 20.4 Å². The van der Waals surface area contributed by atoms with Crippen molar-refractivity contribution in [3.8, 4) is 0 Å². The van der Waals surface area contributed by atoms with Crippen LogP contribution in [0.15, 0.2) is 23.6 Å². The minimum Gasteiger partial charge on any atom is -0.354 e. The number of hydrogen-bond donors (Lipinski definition) is 1. The molecule has 1 amide bonds. The van der Waals surface area contributed by atoms with Crippen molar-refractivity contribution < 1.29 is 4.79 Å². The number of rotatable bonds is 5. The van der Waals surface area contributed by atoms with E-state index in [9.17, 15) is 4.79 Å². The molecule has 80 valence electrons. The standard InChI is InChI=1S/C8H12N6O/c1-7(14-6-2-3-12-14)8(15)10-4-5-11-13-9/h2-3,6-7H,4-5H2,1H3,(H,10,15). The van der Waals surface area contributed by atoms with Gasteiger partial charge >= 0.3 is 0 Å². The maximum absolute atomic E-state index is 11.5. The first kappa shape index (κ1) is 11.1. The van der Waals surface area contributed by atoms with Crippen molar-refractivity contribution in [3.63, 3.8) is 0 Å². The highest BCUT2D eigenvalue weighted by atomic mass is 16.2. The lowest BCUT2D eigenvalue weighted by Gasteiger charge is -2.11. The number of amides is 1. The van der Waals surface area contributed by atoms with Crippen molar-refractivity contribution in [2.45, 2.75) is 13.0 Å². The van der Waals surface area contributed by atoms with E-state index in [1.807, 2.05) is 0 Å². The molecule has 0 bridgehead atoms. The SMILES string of the molecule is CC(C(=O)NCCN=[N+]=[N-])n1cccn1. The fourth-order valence-corrected chi connectivity index (χ4v) is 1.05. The van der Waals surface area contributed by atoms with E-state index >= 15 is 0 Å². The average molecular weight is 208 g/mol. The van der Waals surface area contributed by atoms with Crippen molar-refractivity contribution >= 4 is 5.91 Å². The zero-order valence-electron chi connectivity index (χ0n) is 8.37. The highest BCUT2D eigenvalue weighted by Gasteiger charge is 2.13. The molecule has 1 atom stereocenters. The number of nitrogens with zero attached hydrogens (tertiary/aromatic N) is 5. The molecule has 1 heterocycles. The van der Waals surface area contributed by atoms with Gasteiger partial charge in [0.2, 0.25) is 5.91 Å². The summed E-state index contributed by atoms with van der Waals surface area (Å²) < 4.78 is 1.56. The van der Waals surface area contributed by atoms with Gasteiger partial charge in [0.05, 0.1) is 0 Å². The number of azide groups is 1. The van der Waals surface area contributed by atoms with Crippen LogP contribution >= 0.6 is 0 Å². The van der Waals surface area contributed by atoms with Crippen molar-refractivity contribution in [1.82, 2.24) is 15.1 Å². The predicted octanol–water partition coefficient (Wildman–Crippen LogP) is 0.871. The Morgan fingerprint density at radius 2 is 2.60 bits per heavy atom. The zero-order chi connectivity index (χ0) is 11.1. The predicted molar refractivity (Wildman–Crippen MR) is 54.0 cm³/mol. The van der Waals surface area contributed by atoms with Gasteiger partial charge in [-0.2, -0.15) is 5.10 Å². The van der Waals surface area contributed by atoms with Crippen LogP contribution in [0.5, 0.6) is 0 Å². The van der Waals surface area contributed by atoms with Crippen molar-refractivity contribution in [2.75, 3.05) is 13.1 Å². The van der Waals surface area contributed by atoms with Crippen LogP contribution in [0.4, 0.5) is 0 Å². The molecule has 1 unspecified atom stereocenters. The van der Waals surface area contributed by atoms with Gasteiger partial charge in [0.25, 0.3) is 0 Å². The molecule has 0 radical (unpaired) electrons. The van der Waals surface area contributed by atoms with Crippen LogP contribution in [-0.4, -0.2) is 28.8 Å². The minimum absolute atomic E-state index is 0.146. The highest BCUT2D eigenvalue weighted by molar-refractivity contribution is 5.79. The van der Waals surface area contributed by atoms with Crippen LogP contribution in [0.3, 0.4) is 0 Å². The maximum Gasteiger partial charge on any atom is 0.244 e. The third-order valence-corrected chi connectivity index (χ3v) is 1.88. The van der Waals surface area contributed by atoms with Gasteiger partial charge in [0.15, 0.2) is 0 Å². The van der Waals surface area contributed by atoms with Crippen LogP contribution in [0, 0.1) is 0 Å². The lowest BCUT2D eigenvalue weighted by Crippen LogP contribution is -2.32. The Balaban J connectivity index is 2.37. The van der Waals surface area contributed by atoms with Gasteiger partial charge in [-0.3, -0.25) is 9.48 Å². The Morgan fingerprint density at radius 3 is 3.20 bits per heavy atom. The number of carbonyl (C=O) groups excluding carboxylic acids is 1. The summed E-state index contributed by atoms with van der Waals surface area (Å²) in [6.45, 7) is 2.35. The van der Waals surface area contributed by atoms with E-state index in [1.165, 1.54) is 0 Å². The lowest BCUT2D eigenvalue weighted by molar-refractivity contribution is -0.124. The molecule has 1 aromatic heterocycles. The largest absolute Gasteiger partial charge is 0.354 e. The summed E-state index contributed by atoms with van der Waals surface area (Å²) in [5, 5.41) is 9.91. The second-order valence-electron chi connectivity index (χ2n) is 2.91. The summed E-state index contributed by atoms with van der Waals surface area (Å²) in [4.78, 5) is 14.1. The maximum atomic E-state index is 11.5. The molecule has 0 aliphatic heterocycles. The summed E-state index contributed by atoms with van der Waals surface area (Å²) in [5.74, 6) is -0.146.